The van der Waals surface area contributed by atoms with Crippen molar-refractivity contribution in [3.63, 3.8) is 0 Å². The lowest BCUT2D eigenvalue weighted by atomic mass is 9.94. The minimum atomic E-state index is 0.694. The third kappa shape index (κ3) is 2.25. The van der Waals surface area contributed by atoms with Gasteiger partial charge in [0, 0.05) is 11.1 Å². The molecule has 1 atom stereocenters. The van der Waals surface area contributed by atoms with E-state index in [-0.39, 0.29) is 0 Å². The van der Waals surface area contributed by atoms with E-state index in [0.29, 0.717) is 6.04 Å². The number of piperidine rings is 1. The summed E-state index contributed by atoms with van der Waals surface area (Å²) in [5.74, 6) is 0.997. The molecule has 0 saturated carbocycles. The van der Waals surface area contributed by atoms with Crippen LogP contribution >= 0.6 is 0 Å². The van der Waals surface area contributed by atoms with Gasteiger partial charge in [0.1, 0.15) is 18.8 Å². The van der Waals surface area contributed by atoms with E-state index in [1.165, 1.54) is 44.5 Å². The molecule has 0 unspecified atom stereocenters. The first-order valence-corrected chi connectivity index (χ1v) is 7.21. The molecule has 0 radical (unpaired) electrons. The van der Waals surface area contributed by atoms with Crippen LogP contribution in [0.5, 0.6) is 5.75 Å². The molecule has 3 N–H and O–H groups in total. The highest BCUT2D eigenvalue weighted by molar-refractivity contribution is 5.37. The van der Waals surface area contributed by atoms with Gasteiger partial charge in [0.15, 0.2) is 6.04 Å². The maximum absolute atomic E-state index is 5.34. The van der Waals surface area contributed by atoms with Crippen LogP contribution in [0.25, 0.3) is 0 Å². The molecule has 1 aromatic carbocycles. The van der Waals surface area contributed by atoms with Crippen molar-refractivity contribution in [2.45, 2.75) is 31.8 Å². The summed E-state index contributed by atoms with van der Waals surface area (Å²) in [7, 11) is 1.75. The largest absolute Gasteiger partial charge is 0.497 e. The van der Waals surface area contributed by atoms with Crippen LogP contribution < -0.4 is 15.0 Å². The number of methoxy groups -OCH3 is 1. The maximum atomic E-state index is 5.34. The second-order valence-corrected chi connectivity index (χ2v) is 5.56. The van der Waals surface area contributed by atoms with E-state index in [1.54, 1.807) is 17.6 Å². The normalized spacial score (nSPS) is 24.6. The monoisotopic (exact) mass is 248 g/mol. The Morgan fingerprint density at radius 1 is 1.22 bits per heavy atom. The summed E-state index contributed by atoms with van der Waals surface area (Å²) in [5.41, 5.74) is 3.04. The van der Waals surface area contributed by atoms with Crippen LogP contribution in [0.2, 0.25) is 0 Å². The molecule has 18 heavy (non-hydrogen) atoms. The highest BCUT2D eigenvalue weighted by Gasteiger charge is 2.32. The Bertz CT molecular complexity index is 413. The van der Waals surface area contributed by atoms with E-state index in [2.05, 4.69) is 23.5 Å². The fourth-order valence-corrected chi connectivity index (χ4v) is 3.50. The Labute approximate surface area is 109 Å². The highest BCUT2D eigenvalue weighted by atomic mass is 16.5. The molecule has 1 saturated heterocycles. The van der Waals surface area contributed by atoms with Crippen LogP contribution in [0.4, 0.5) is 0 Å². The molecule has 3 nitrogen and oxygen atoms in total. The van der Waals surface area contributed by atoms with Crippen molar-refractivity contribution in [1.29, 1.82) is 0 Å². The Kier molecular flexibility index (Phi) is 3.52. The smallest absolute Gasteiger partial charge is 0.163 e. The maximum Gasteiger partial charge on any atom is 0.163 e. The van der Waals surface area contributed by atoms with Gasteiger partial charge in [-0.2, -0.15) is 0 Å². The van der Waals surface area contributed by atoms with Gasteiger partial charge >= 0.3 is 0 Å². The summed E-state index contributed by atoms with van der Waals surface area (Å²) in [6.45, 7) is 5.05. The average molecular weight is 248 g/mol. The number of quaternary nitrogens is 2. The minimum absolute atomic E-state index is 0.694. The van der Waals surface area contributed by atoms with Crippen molar-refractivity contribution in [2.24, 2.45) is 0 Å². The third-order valence-electron chi connectivity index (χ3n) is 4.48. The first-order valence-electron chi connectivity index (χ1n) is 7.21. The fourth-order valence-electron chi connectivity index (χ4n) is 3.50. The van der Waals surface area contributed by atoms with Crippen LogP contribution in [-0.4, -0.2) is 26.7 Å². The van der Waals surface area contributed by atoms with E-state index in [0.717, 1.165) is 12.3 Å². The summed E-state index contributed by atoms with van der Waals surface area (Å²) in [5, 5.41) is 2.45. The van der Waals surface area contributed by atoms with Crippen molar-refractivity contribution in [1.82, 2.24) is 0 Å². The van der Waals surface area contributed by atoms with Gasteiger partial charge in [0.05, 0.1) is 20.2 Å². The molecule has 98 valence electrons. The van der Waals surface area contributed by atoms with Crippen LogP contribution in [0, 0.1) is 0 Å². The number of likely N-dealkylation sites (tertiary alicyclic amines) is 1. The molecule has 0 bridgehead atoms. The number of hydrogen-bond acceptors (Lipinski definition) is 1. The molecule has 1 fully saturated rings. The Morgan fingerprint density at radius 3 is 2.83 bits per heavy atom. The van der Waals surface area contributed by atoms with Crippen molar-refractivity contribution >= 4 is 0 Å². The Hall–Kier alpha value is -1.06. The van der Waals surface area contributed by atoms with Gasteiger partial charge in [0.25, 0.3) is 0 Å². The molecule has 3 heteroatoms. The standard InChI is InChI=1S/C15H22N2O/c1-18-13-5-6-14-12(9-13)10-16-11-15(14)17-7-3-2-4-8-17/h5-6,9,15-16H,2-4,7-8,10-11H2,1H3/p+2/t15-/m0/s1. The predicted molar refractivity (Wildman–Crippen MR) is 70.8 cm³/mol. The first-order chi connectivity index (χ1) is 8.88. The molecule has 0 amide bonds. The first kappa shape index (κ1) is 12.0. The van der Waals surface area contributed by atoms with Crippen LogP contribution in [0.3, 0.4) is 0 Å². The zero-order valence-corrected chi connectivity index (χ0v) is 11.2. The SMILES string of the molecule is COc1ccc2c(c1)C[NH2+]C[C@@H]2[NH+]1CCCCC1. The Balaban J connectivity index is 1.86. The molecule has 1 aromatic rings. The number of nitrogens with two attached hydrogens (primary N) is 1. The second kappa shape index (κ2) is 5.29. The van der Waals surface area contributed by atoms with Gasteiger partial charge in [-0.3, -0.25) is 0 Å². The molecular formula is C15H24N2O+2. The lowest BCUT2D eigenvalue weighted by Crippen LogP contribution is -3.16. The van der Waals surface area contributed by atoms with Crippen LogP contribution in [-0.2, 0) is 6.54 Å². The van der Waals surface area contributed by atoms with Gasteiger partial charge in [0.2, 0.25) is 0 Å². The predicted octanol–water partition coefficient (Wildman–Crippen LogP) is -0.118. The van der Waals surface area contributed by atoms with Crippen molar-refractivity contribution in [3.05, 3.63) is 29.3 Å². The van der Waals surface area contributed by atoms with Gasteiger partial charge in [-0.05, 0) is 37.5 Å². The zero-order valence-electron chi connectivity index (χ0n) is 11.2. The number of nitrogens with one attached hydrogen (secondary N) is 1. The number of rotatable bonds is 2. The number of fused-ring (bicyclic) bond motifs is 1. The van der Waals surface area contributed by atoms with Gasteiger partial charge in [-0.25, -0.2) is 0 Å². The molecule has 3 rings (SSSR count). The summed E-state index contributed by atoms with van der Waals surface area (Å²) in [6.07, 6.45) is 4.23. The Morgan fingerprint density at radius 2 is 2.06 bits per heavy atom. The quantitative estimate of drug-likeness (QED) is 0.751. The topological polar surface area (TPSA) is 30.3 Å². The molecule has 0 spiro atoms. The van der Waals surface area contributed by atoms with Crippen molar-refractivity contribution in [2.75, 3.05) is 26.7 Å². The molecule has 0 aliphatic carbocycles. The highest BCUT2D eigenvalue weighted by Crippen LogP contribution is 2.23. The van der Waals surface area contributed by atoms with E-state index in [4.69, 9.17) is 4.74 Å². The molecule has 2 aliphatic heterocycles. The summed E-state index contributed by atoms with van der Waals surface area (Å²) < 4.78 is 5.34. The summed E-state index contributed by atoms with van der Waals surface area (Å²) >= 11 is 0. The lowest BCUT2D eigenvalue weighted by Gasteiger charge is -2.33. The third-order valence-corrected chi connectivity index (χ3v) is 4.48. The molecule has 2 heterocycles. The molecular weight excluding hydrogens is 224 g/mol. The number of ether oxygens (including phenoxy) is 1. The van der Waals surface area contributed by atoms with E-state index < -0.39 is 0 Å². The van der Waals surface area contributed by atoms with Gasteiger partial charge in [-0.15, -0.1) is 0 Å². The van der Waals surface area contributed by atoms with Gasteiger partial charge in [-0.1, -0.05) is 0 Å². The van der Waals surface area contributed by atoms with Crippen LogP contribution in [0.1, 0.15) is 36.4 Å². The average Bonchev–Trinajstić information content (AvgIpc) is 2.47. The summed E-state index contributed by atoms with van der Waals surface area (Å²) in [4.78, 5) is 1.80. The lowest BCUT2D eigenvalue weighted by molar-refractivity contribution is -0.952. The fraction of sp³-hybridized carbons (Fsp3) is 0.600. The van der Waals surface area contributed by atoms with E-state index in [1.807, 2.05) is 0 Å². The van der Waals surface area contributed by atoms with E-state index in [9.17, 15) is 0 Å². The molecule has 0 aromatic heterocycles. The zero-order chi connectivity index (χ0) is 12.4. The van der Waals surface area contributed by atoms with Crippen LogP contribution in [0.15, 0.2) is 18.2 Å². The van der Waals surface area contributed by atoms with E-state index >= 15 is 0 Å². The second-order valence-electron chi connectivity index (χ2n) is 5.56. The minimum Gasteiger partial charge on any atom is -0.497 e. The van der Waals surface area contributed by atoms with Gasteiger partial charge < -0.3 is 15.0 Å². The van der Waals surface area contributed by atoms with Crippen molar-refractivity contribution in [3.8, 4) is 5.75 Å². The van der Waals surface area contributed by atoms with Crippen molar-refractivity contribution < 1.29 is 15.0 Å². The number of benzene rings is 1. The molecule has 2 aliphatic rings. The summed E-state index contributed by atoms with van der Waals surface area (Å²) in [6, 6.07) is 7.34. The number of hydrogen-bond donors (Lipinski definition) is 2.